The SMILES string of the molecule is CCCc1cc(Cl)nc(C2CCCC(C)C2)n1. The molecule has 0 aromatic carbocycles. The Morgan fingerprint density at radius 3 is 2.88 bits per heavy atom. The Balaban J connectivity index is 2.18. The highest BCUT2D eigenvalue weighted by atomic mass is 35.5. The molecule has 0 aliphatic heterocycles. The smallest absolute Gasteiger partial charge is 0.133 e. The van der Waals surface area contributed by atoms with Gasteiger partial charge in [-0.1, -0.05) is 44.7 Å². The van der Waals surface area contributed by atoms with Crippen molar-refractivity contribution in [3.05, 3.63) is 22.7 Å². The van der Waals surface area contributed by atoms with Crippen LogP contribution in [0, 0.1) is 5.92 Å². The van der Waals surface area contributed by atoms with Crippen LogP contribution in [0.4, 0.5) is 0 Å². The summed E-state index contributed by atoms with van der Waals surface area (Å²) in [5.41, 5.74) is 1.10. The molecule has 0 spiro atoms. The quantitative estimate of drug-likeness (QED) is 0.747. The first kappa shape index (κ1) is 12.8. The average molecular weight is 253 g/mol. The van der Waals surface area contributed by atoms with Crippen molar-refractivity contribution in [2.24, 2.45) is 5.92 Å². The lowest BCUT2D eigenvalue weighted by atomic mass is 9.82. The van der Waals surface area contributed by atoms with E-state index in [1.165, 1.54) is 25.7 Å². The fourth-order valence-corrected chi connectivity index (χ4v) is 2.93. The molecule has 1 aromatic rings. The van der Waals surface area contributed by atoms with Gasteiger partial charge in [0.25, 0.3) is 0 Å². The Bertz CT molecular complexity index is 378. The zero-order valence-electron chi connectivity index (χ0n) is 10.7. The number of aryl methyl sites for hydroxylation is 1. The van der Waals surface area contributed by atoms with Gasteiger partial charge in [-0.3, -0.25) is 0 Å². The van der Waals surface area contributed by atoms with Crippen LogP contribution in [0.3, 0.4) is 0 Å². The molecule has 94 valence electrons. The molecule has 3 heteroatoms. The van der Waals surface area contributed by atoms with Crippen molar-refractivity contribution in [1.29, 1.82) is 0 Å². The molecule has 1 aliphatic rings. The minimum Gasteiger partial charge on any atom is -0.238 e. The highest BCUT2D eigenvalue weighted by Crippen LogP contribution is 2.34. The second kappa shape index (κ2) is 5.81. The maximum atomic E-state index is 6.09. The maximum Gasteiger partial charge on any atom is 0.133 e. The van der Waals surface area contributed by atoms with Gasteiger partial charge in [-0.25, -0.2) is 9.97 Å². The molecule has 1 aliphatic carbocycles. The summed E-state index contributed by atoms with van der Waals surface area (Å²) in [6.07, 6.45) is 7.18. The summed E-state index contributed by atoms with van der Waals surface area (Å²) in [5, 5.41) is 0.608. The molecular weight excluding hydrogens is 232 g/mol. The van der Waals surface area contributed by atoms with Crippen LogP contribution in [0.25, 0.3) is 0 Å². The highest BCUT2D eigenvalue weighted by molar-refractivity contribution is 6.29. The van der Waals surface area contributed by atoms with Crippen molar-refractivity contribution in [1.82, 2.24) is 9.97 Å². The van der Waals surface area contributed by atoms with Gasteiger partial charge in [0, 0.05) is 11.6 Å². The lowest BCUT2D eigenvalue weighted by Crippen LogP contribution is -2.15. The molecule has 0 amide bonds. The van der Waals surface area contributed by atoms with E-state index in [4.69, 9.17) is 11.6 Å². The lowest BCUT2D eigenvalue weighted by Gasteiger charge is -2.25. The molecule has 1 fully saturated rings. The normalized spacial score (nSPS) is 24.9. The van der Waals surface area contributed by atoms with E-state index in [-0.39, 0.29) is 0 Å². The van der Waals surface area contributed by atoms with Crippen LogP contribution in [0.15, 0.2) is 6.07 Å². The molecule has 1 aromatic heterocycles. The van der Waals surface area contributed by atoms with Crippen molar-refractivity contribution < 1.29 is 0 Å². The van der Waals surface area contributed by atoms with Crippen LogP contribution < -0.4 is 0 Å². The first-order valence-corrected chi connectivity index (χ1v) is 7.10. The average Bonchev–Trinajstić information content (AvgIpc) is 2.28. The molecular formula is C14H21ClN2. The van der Waals surface area contributed by atoms with Gasteiger partial charge in [-0.05, 0) is 31.2 Å². The standard InChI is InChI=1S/C14H21ClN2/c1-3-5-12-9-13(15)17-14(16-12)11-7-4-6-10(2)8-11/h9-11H,3-8H2,1-2H3. The van der Waals surface area contributed by atoms with E-state index < -0.39 is 0 Å². The van der Waals surface area contributed by atoms with Gasteiger partial charge >= 0.3 is 0 Å². The fraction of sp³-hybridized carbons (Fsp3) is 0.714. The predicted octanol–water partition coefficient (Wildman–Crippen LogP) is 4.38. The van der Waals surface area contributed by atoms with Gasteiger partial charge in [0.15, 0.2) is 0 Å². The number of hydrogen-bond acceptors (Lipinski definition) is 2. The Morgan fingerprint density at radius 2 is 2.18 bits per heavy atom. The maximum absolute atomic E-state index is 6.09. The summed E-state index contributed by atoms with van der Waals surface area (Å²) < 4.78 is 0. The summed E-state index contributed by atoms with van der Waals surface area (Å²) in [6, 6.07) is 1.90. The molecule has 2 unspecified atom stereocenters. The number of hydrogen-bond donors (Lipinski definition) is 0. The second-order valence-corrected chi connectivity index (χ2v) is 5.65. The van der Waals surface area contributed by atoms with Crippen molar-refractivity contribution in [2.75, 3.05) is 0 Å². The Hall–Kier alpha value is -0.630. The molecule has 0 saturated heterocycles. The molecule has 1 saturated carbocycles. The van der Waals surface area contributed by atoms with Crippen molar-refractivity contribution in [2.45, 2.75) is 58.3 Å². The fourth-order valence-electron chi connectivity index (χ4n) is 2.72. The summed E-state index contributed by atoms with van der Waals surface area (Å²) in [7, 11) is 0. The minimum absolute atomic E-state index is 0.521. The van der Waals surface area contributed by atoms with Crippen molar-refractivity contribution >= 4 is 11.6 Å². The first-order chi connectivity index (χ1) is 8.19. The molecule has 2 nitrogen and oxygen atoms in total. The van der Waals surface area contributed by atoms with Crippen molar-refractivity contribution in [3.8, 4) is 0 Å². The molecule has 2 rings (SSSR count). The van der Waals surface area contributed by atoms with Gasteiger partial charge in [-0.2, -0.15) is 0 Å². The second-order valence-electron chi connectivity index (χ2n) is 5.26. The van der Waals surface area contributed by atoms with Crippen LogP contribution in [0.2, 0.25) is 5.15 Å². The number of aromatic nitrogens is 2. The van der Waals surface area contributed by atoms with Gasteiger partial charge in [0.1, 0.15) is 11.0 Å². The third-order valence-corrected chi connectivity index (χ3v) is 3.77. The monoisotopic (exact) mass is 252 g/mol. The number of rotatable bonds is 3. The first-order valence-electron chi connectivity index (χ1n) is 6.72. The van der Waals surface area contributed by atoms with E-state index in [1.807, 2.05) is 6.07 Å². The van der Waals surface area contributed by atoms with Gasteiger partial charge in [0.2, 0.25) is 0 Å². The molecule has 0 radical (unpaired) electrons. The van der Waals surface area contributed by atoms with E-state index in [0.29, 0.717) is 11.1 Å². The van der Waals surface area contributed by atoms with E-state index in [0.717, 1.165) is 30.3 Å². The topological polar surface area (TPSA) is 25.8 Å². The zero-order chi connectivity index (χ0) is 12.3. The lowest BCUT2D eigenvalue weighted by molar-refractivity contribution is 0.334. The number of nitrogens with zero attached hydrogens (tertiary/aromatic N) is 2. The van der Waals surface area contributed by atoms with Crippen LogP contribution in [0.5, 0.6) is 0 Å². The molecule has 0 bridgehead atoms. The van der Waals surface area contributed by atoms with Gasteiger partial charge in [-0.15, -0.1) is 0 Å². The minimum atomic E-state index is 0.521. The summed E-state index contributed by atoms with van der Waals surface area (Å²) in [4.78, 5) is 9.11. The van der Waals surface area contributed by atoms with Crippen LogP contribution in [-0.4, -0.2) is 9.97 Å². The predicted molar refractivity (Wildman–Crippen MR) is 71.4 cm³/mol. The van der Waals surface area contributed by atoms with Crippen LogP contribution in [-0.2, 0) is 6.42 Å². The summed E-state index contributed by atoms with van der Waals surface area (Å²) in [6.45, 7) is 4.49. The Labute approximate surface area is 109 Å². The van der Waals surface area contributed by atoms with E-state index in [9.17, 15) is 0 Å². The van der Waals surface area contributed by atoms with E-state index in [1.54, 1.807) is 0 Å². The molecule has 1 heterocycles. The summed E-state index contributed by atoms with van der Waals surface area (Å²) in [5.74, 6) is 2.30. The summed E-state index contributed by atoms with van der Waals surface area (Å²) >= 11 is 6.09. The largest absolute Gasteiger partial charge is 0.238 e. The zero-order valence-corrected chi connectivity index (χ0v) is 11.5. The van der Waals surface area contributed by atoms with Crippen LogP contribution in [0.1, 0.15) is 63.4 Å². The highest BCUT2D eigenvalue weighted by Gasteiger charge is 2.23. The Morgan fingerprint density at radius 1 is 1.35 bits per heavy atom. The van der Waals surface area contributed by atoms with Crippen molar-refractivity contribution in [3.63, 3.8) is 0 Å². The van der Waals surface area contributed by atoms with Crippen LogP contribution >= 0.6 is 11.6 Å². The molecule has 2 atom stereocenters. The Kier molecular flexibility index (Phi) is 4.38. The third-order valence-electron chi connectivity index (χ3n) is 3.57. The third kappa shape index (κ3) is 3.41. The van der Waals surface area contributed by atoms with Gasteiger partial charge < -0.3 is 0 Å². The molecule has 17 heavy (non-hydrogen) atoms. The number of halogens is 1. The van der Waals surface area contributed by atoms with E-state index >= 15 is 0 Å². The van der Waals surface area contributed by atoms with Gasteiger partial charge in [0.05, 0.1) is 0 Å². The molecule has 0 N–H and O–H groups in total. The van der Waals surface area contributed by atoms with E-state index in [2.05, 4.69) is 23.8 Å².